The normalized spacial score (nSPS) is 18.8. The Morgan fingerprint density at radius 3 is 2.48 bits per heavy atom. The third-order valence-corrected chi connectivity index (χ3v) is 5.58. The van der Waals surface area contributed by atoms with Gasteiger partial charge in [-0.15, -0.1) is 0 Å². The number of carbonyl (C=O) groups is 1. The van der Waals surface area contributed by atoms with Crippen LogP contribution >= 0.6 is 0 Å². The standard InChI is InChI=1S/C21H34N4O2/c1-17(2)19-6-4-5-18(3)20(19)24-9-11-25(12-10-24)21(26)22-7-8-23-13-15-27-16-14-23/h4-6,17H,7-16H2,1-3H3,(H,22,26). The van der Waals surface area contributed by atoms with Gasteiger partial charge in [-0.1, -0.05) is 32.0 Å². The quantitative estimate of drug-likeness (QED) is 0.859. The van der Waals surface area contributed by atoms with Gasteiger partial charge < -0.3 is 19.9 Å². The van der Waals surface area contributed by atoms with E-state index < -0.39 is 0 Å². The average Bonchev–Trinajstić information content (AvgIpc) is 2.68. The van der Waals surface area contributed by atoms with Crippen LogP contribution in [0.15, 0.2) is 18.2 Å². The van der Waals surface area contributed by atoms with E-state index in [0.717, 1.165) is 59.0 Å². The Kier molecular flexibility index (Phi) is 6.96. The SMILES string of the molecule is Cc1cccc(C(C)C)c1N1CCN(C(=O)NCCN2CCOCC2)CC1. The minimum atomic E-state index is 0.0665. The van der Waals surface area contributed by atoms with Gasteiger partial charge in [0.15, 0.2) is 0 Å². The monoisotopic (exact) mass is 374 g/mol. The largest absolute Gasteiger partial charge is 0.379 e. The second-order valence-corrected chi connectivity index (χ2v) is 7.83. The second-order valence-electron chi connectivity index (χ2n) is 7.83. The number of carbonyl (C=O) groups excluding carboxylic acids is 1. The summed E-state index contributed by atoms with van der Waals surface area (Å²) < 4.78 is 5.36. The lowest BCUT2D eigenvalue weighted by atomic mass is 9.97. The molecule has 27 heavy (non-hydrogen) atoms. The van der Waals surface area contributed by atoms with Crippen molar-refractivity contribution in [2.24, 2.45) is 0 Å². The van der Waals surface area contributed by atoms with Crippen molar-refractivity contribution in [2.45, 2.75) is 26.7 Å². The van der Waals surface area contributed by atoms with E-state index in [4.69, 9.17) is 4.74 Å². The maximum Gasteiger partial charge on any atom is 0.317 e. The van der Waals surface area contributed by atoms with Gasteiger partial charge in [-0.2, -0.15) is 0 Å². The Hall–Kier alpha value is -1.79. The van der Waals surface area contributed by atoms with E-state index in [1.165, 1.54) is 16.8 Å². The molecule has 1 aromatic carbocycles. The van der Waals surface area contributed by atoms with Gasteiger partial charge in [0.1, 0.15) is 0 Å². The Labute approximate surface area is 163 Å². The lowest BCUT2D eigenvalue weighted by molar-refractivity contribution is 0.0386. The van der Waals surface area contributed by atoms with E-state index in [0.29, 0.717) is 12.5 Å². The summed E-state index contributed by atoms with van der Waals surface area (Å²) in [6.45, 7) is 15.1. The molecule has 0 bridgehead atoms. The van der Waals surface area contributed by atoms with E-state index >= 15 is 0 Å². The number of hydrogen-bond donors (Lipinski definition) is 1. The van der Waals surface area contributed by atoms with E-state index in [1.807, 2.05) is 4.90 Å². The van der Waals surface area contributed by atoms with Crippen LogP contribution in [0.25, 0.3) is 0 Å². The number of aryl methyl sites for hydroxylation is 1. The number of urea groups is 1. The van der Waals surface area contributed by atoms with Crippen LogP contribution in [-0.4, -0.2) is 81.4 Å². The highest BCUT2D eigenvalue weighted by molar-refractivity contribution is 5.74. The fourth-order valence-electron chi connectivity index (χ4n) is 3.97. The van der Waals surface area contributed by atoms with Gasteiger partial charge in [0.2, 0.25) is 0 Å². The molecule has 2 aliphatic rings. The Bertz CT molecular complexity index is 621. The van der Waals surface area contributed by atoms with Crippen molar-refractivity contribution in [3.8, 4) is 0 Å². The Morgan fingerprint density at radius 1 is 1.11 bits per heavy atom. The summed E-state index contributed by atoms with van der Waals surface area (Å²) in [6, 6.07) is 6.63. The van der Waals surface area contributed by atoms with Crippen molar-refractivity contribution in [1.82, 2.24) is 15.1 Å². The number of nitrogens with zero attached hydrogens (tertiary/aromatic N) is 3. The minimum absolute atomic E-state index is 0.0665. The summed E-state index contributed by atoms with van der Waals surface area (Å²) in [4.78, 5) is 19.2. The molecule has 3 rings (SSSR count). The van der Waals surface area contributed by atoms with Gasteiger partial charge in [-0.05, 0) is 24.0 Å². The highest BCUT2D eigenvalue weighted by Crippen LogP contribution is 2.31. The van der Waals surface area contributed by atoms with Gasteiger partial charge in [-0.25, -0.2) is 4.79 Å². The first-order valence-corrected chi connectivity index (χ1v) is 10.2. The van der Waals surface area contributed by atoms with Crippen molar-refractivity contribution in [2.75, 3.05) is 70.5 Å². The lowest BCUT2D eigenvalue weighted by Crippen LogP contribution is -2.53. The van der Waals surface area contributed by atoms with Crippen LogP contribution in [0.4, 0.5) is 10.5 Å². The fraction of sp³-hybridized carbons (Fsp3) is 0.667. The first-order valence-electron chi connectivity index (χ1n) is 10.2. The molecule has 2 fully saturated rings. The first-order chi connectivity index (χ1) is 13.1. The summed E-state index contributed by atoms with van der Waals surface area (Å²) in [5.74, 6) is 0.501. The van der Waals surface area contributed by atoms with Crippen LogP contribution < -0.4 is 10.2 Å². The molecule has 2 aliphatic heterocycles. The van der Waals surface area contributed by atoms with Crippen molar-refractivity contribution in [1.29, 1.82) is 0 Å². The number of rotatable bonds is 5. The maximum atomic E-state index is 12.5. The van der Waals surface area contributed by atoms with Crippen LogP contribution in [0.1, 0.15) is 30.9 Å². The van der Waals surface area contributed by atoms with Crippen LogP contribution in [0.2, 0.25) is 0 Å². The van der Waals surface area contributed by atoms with Crippen molar-refractivity contribution in [3.63, 3.8) is 0 Å². The summed E-state index contributed by atoms with van der Waals surface area (Å²) >= 11 is 0. The van der Waals surface area contributed by atoms with Gasteiger partial charge in [0.05, 0.1) is 13.2 Å². The van der Waals surface area contributed by atoms with Crippen molar-refractivity contribution in [3.05, 3.63) is 29.3 Å². The smallest absolute Gasteiger partial charge is 0.317 e. The summed E-state index contributed by atoms with van der Waals surface area (Å²) in [6.07, 6.45) is 0. The molecule has 6 nitrogen and oxygen atoms in total. The molecule has 1 N–H and O–H groups in total. The number of hydrogen-bond acceptors (Lipinski definition) is 4. The molecular weight excluding hydrogens is 340 g/mol. The molecule has 0 radical (unpaired) electrons. The molecule has 0 spiro atoms. The molecule has 6 heteroatoms. The first kappa shape index (κ1) is 20.0. The highest BCUT2D eigenvalue weighted by Gasteiger charge is 2.24. The van der Waals surface area contributed by atoms with Crippen LogP contribution in [0.5, 0.6) is 0 Å². The van der Waals surface area contributed by atoms with Crippen LogP contribution in [-0.2, 0) is 4.74 Å². The number of benzene rings is 1. The van der Waals surface area contributed by atoms with E-state index in [2.05, 4.69) is 54.1 Å². The summed E-state index contributed by atoms with van der Waals surface area (Å²) in [5.41, 5.74) is 4.09. The molecule has 0 atom stereocenters. The number of anilines is 1. The molecule has 0 aliphatic carbocycles. The zero-order valence-corrected chi connectivity index (χ0v) is 17.0. The van der Waals surface area contributed by atoms with Crippen LogP contribution in [0, 0.1) is 6.92 Å². The van der Waals surface area contributed by atoms with E-state index in [-0.39, 0.29) is 6.03 Å². The van der Waals surface area contributed by atoms with Gasteiger partial charge in [0.25, 0.3) is 0 Å². The third kappa shape index (κ3) is 5.14. The Balaban J connectivity index is 1.48. The lowest BCUT2D eigenvalue weighted by Gasteiger charge is -2.38. The van der Waals surface area contributed by atoms with Gasteiger partial charge in [-0.3, -0.25) is 4.90 Å². The molecule has 0 unspecified atom stereocenters. The van der Waals surface area contributed by atoms with Crippen molar-refractivity contribution >= 4 is 11.7 Å². The fourth-order valence-corrected chi connectivity index (χ4v) is 3.97. The van der Waals surface area contributed by atoms with Crippen molar-refractivity contribution < 1.29 is 9.53 Å². The molecule has 2 saturated heterocycles. The summed E-state index contributed by atoms with van der Waals surface area (Å²) in [5, 5.41) is 3.08. The zero-order chi connectivity index (χ0) is 19.2. The topological polar surface area (TPSA) is 48.0 Å². The molecule has 1 aromatic rings. The molecule has 2 amide bonds. The second kappa shape index (κ2) is 9.42. The maximum absolute atomic E-state index is 12.5. The van der Waals surface area contributed by atoms with Gasteiger partial charge in [0, 0.05) is 58.0 Å². The predicted molar refractivity (Wildman–Crippen MR) is 110 cm³/mol. The number of para-hydroxylation sites is 1. The molecular formula is C21H34N4O2. The number of ether oxygens (including phenoxy) is 1. The highest BCUT2D eigenvalue weighted by atomic mass is 16.5. The molecule has 2 heterocycles. The average molecular weight is 375 g/mol. The zero-order valence-electron chi connectivity index (χ0n) is 17.0. The summed E-state index contributed by atoms with van der Waals surface area (Å²) in [7, 11) is 0. The number of piperazine rings is 1. The molecule has 0 aromatic heterocycles. The number of morpholine rings is 1. The van der Waals surface area contributed by atoms with Gasteiger partial charge >= 0.3 is 6.03 Å². The Morgan fingerprint density at radius 2 is 1.81 bits per heavy atom. The molecule has 0 saturated carbocycles. The number of amides is 2. The predicted octanol–water partition coefficient (Wildman–Crippen LogP) is 2.28. The number of nitrogens with one attached hydrogen (secondary N) is 1. The minimum Gasteiger partial charge on any atom is -0.379 e. The molecule has 150 valence electrons. The van der Waals surface area contributed by atoms with E-state index in [9.17, 15) is 4.79 Å². The van der Waals surface area contributed by atoms with E-state index in [1.54, 1.807) is 0 Å². The van der Waals surface area contributed by atoms with Crippen LogP contribution in [0.3, 0.4) is 0 Å². The third-order valence-electron chi connectivity index (χ3n) is 5.58.